The second-order valence-corrected chi connectivity index (χ2v) is 8.58. The van der Waals surface area contributed by atoms with Crippen LogP contribution in [-0.4, -0.2) is 41.3 Å². The van der Waals surface area contributed by atoms with Gasteiger partial charge >= 0.3 is 5.97 Å². The highest BCUT2D eigenvalue weighted by Crippen LogP contribution is 2.23. The molecule has 1 aliphatic heterocycles. The lowest BCUT2D eigenvalue weighted by molar-refractivity contribution is 0.0459. The second-order valence-electron chi connectivity index (χ2n) is 6.64. The number of benzene rings is 1. The third-order valence-electron chi connectivity index (χ3n) is 4.72. The van der Waals surface area contributed by atoms with Gasteiger partial charge in [-0.05, 0) is 43.0 Å². The Bertz CT molecular complexity index is 866. The van der Waals surface area contributed by atoms with Gasteiger partial charge in [0.05, 0.1) is 10.5 Å². The largest absolute Gasteiger partial charge is 0.454 e. The Morgan fingerprint density at radius 2 is 1.88 bits per heavy atom. The Balaban J connectivity index is 1.66. The number of imidazole rings is 1. The topological polar surface area (TPSA) is 81.5 Å². The van der Waals surface area contributed by atoms with Gasteiger partial charge in [0.2, 0.25) is 10.0 Å². The van der Waals surface area contributed by atoms with E-state index in [4.69, 9.17) is 4.74 Å². The summed E-state index contributed by atoms with van der Waals surface area (Å²) in [5, 5.41) is 0. The normalized spacial score (nSPS) is 16.5. The summed E-state index contributed by atoms with van der Waals surface area (Å²) >= 11 is 0. The Hall–Kier alpha value is -2.19. The number of piperidine rings is 1. The molecular weight excluding hydrogens is 354 g/mol. The second kappa shape index (κ2) is 7.59. The van der Waals surface area contributed by atoms with Gasteiger partial charge < -0.3 is 9.30 Å². The molecular formula is C18H23N3O4S. The van der Waals surface area contributed by atoms with Crippen molar-refractivity contribution >= 4 is 16.0 Å². The number of nitrogens with zero attached hydrogens (tertiary/aromatic N) is 3. The van der Waals surface area contributed by atoms with Gasteiger partial charge in [0.15, 0.2) is 0 Å². The molecule has 0 atom stereocenters. The van der Waals surface area contributed by atoms with Crippen LogP contribution in [-0.2, 0) is 28.4 Å². The van der Waals surface area contributed by atoms with E-state index in [1.54, 1.807) is 17.0 Å². The van der Waals surface area contributed by atoms with E-state index in [9.17, 15) is 13.2 Å². The van der Waals surface area contributed by atoms with E-state index in [-0.39, 0.29) is 11.5 Å². The van der Waals surface area contributed by atoms with Gasteiger partial charge in [-0.2, -0.15) is 4.31 Å². The average Bonchev–Trinajstić information content (AvgIpc) is 3.05. The van der Waals surface area contributed by atoms with E-state index in [0.717, 1.165) is 12.8 Å². The van der Waals surface area contributed by atoms with Crippen LogP contribution in [0.2, 0.25) is 0 Å². The summed E-state index contributed by atoms with van der Waals surface area (Å²) < 4.78 is 33.9. The third-order valence-corrected chi connectivity index (χ3v) is 6.64. The number of aromatic nitrogens is 2. The van der Waals surface area contributed by atoms with Crippen molar-refractivity contribution in [2.24, 2.45) is 13.0 Å². The molecule has 1 aliphatic rings. The van der Waals surface area contributed by atoms with Gasteiger partial charge in [0.1, 0.15) is 12.4 Å². The summed E-state index contributed by atoms with van der Waals surface area (Å²) in [6, 6.07) is 5.90. The molecule has 0 spiro atoms. The molecule has 8 heteroatoms. The molecule has 0 N–H and O–H groups in total. The van der Waals surface area contributed by atoms with Crippen LogP contribution in [0.4, 0.5) is 0 Å². The summed E-state index contributed by atoms with van der Waals surface area (Å²) in [4.78, 5) is 16.4. The molecule has 1 saturated heterocycles. The van der Waals surface area contributed by atoms with E-state index >= 15 is 0 Å². The van der Waals surface area contributed by atoms with Gasteiger partial charge in [-0.1, -0.05) is 6.92 Å². The van der Waals surface area contributed by atoms with Crippen LogP contribution >= 0.6 is 0 Å². The summed E-state index contributed by atoms with van der Waals surface area (Å²) in [5.41, 5.74) is 0.311. The van der Waals surface area contributed by atoms with E-state index in [1.807, 2.05) is 7.05 Å². The van der Waals surface area contributed by atoms with Crippen molar-refractivity contribution in [1.29, 1.82) is 0 Å². The number of hydrogen-bond acceptors (Lipinski definition) is 5. The standard InChI is InChI=1S/C18H23N3O4S/c1-14-7-10-21(11-8-14)26(23,24)16-5-3-15(4-6-16)18(22)25-13-17-19-9-12-20(17)2/h3-6,9,12,14H,7-8,10-11,13H2,1-2H3. The summed E-state index contributed by atoms with van der Waals surface area (Å²) in [7, 11) is -1.70. The Kier molecular flexibility index (Phi) is 5.43. The van der Waals surface area contributed by atoms with Crippen LogP contribution in [0.15, 0.2) is 41.6 Å². The fourth-order valence-electron chi connectivity index (χ4n) is 2.89. The lowest BCUT2D eigenvalue weighted by Gasteiger charge is -2.29. The van der Waals surface area contributed by atoms with Crippen LogP contribution < -0.4 is 0 Å². The van der Waals surface area contributed by atoms with Gasteiger partial charge in [0.25, 0.3) is 0 Å². The maximum Gasteiger partial charge on any atom is 0.338 e. The molecule has 0 unspecified atom stereocenters. The van der Waals surface area contributed by atoms with Crippen molar-refractivity contribution < 1.29 is 17.9 Å². The first-order chi connectivity index (χ1) is 12.4. The molecule has 7 nitrogen and oxygen atoms in total. The number of hydrogen-bond donors (Lipinski definition) is 0. The molecule has 1 aromatic heterocycles. The number of carbonyl (C=O) groups is 1. The lowest BCUT2D eigenvalue weighted by atomic mass is 10.0. The molecule has 140 valence electrons. The zero-order chi connectivity index (χ0) is 18.7. The molecule has 0 amide bonds. The molecule has 26 heavy (non-hydrogen) atoms. The van der Waals surface area contributed by atoms with E-state index in [2.05, 4.69) is 11.9 Å². The fraction of sp³-hybridized carbons (Fsp3) is 0.444. The molecule has 1 aromatic carbocycles. The van der Waals surface area contributed by atoms with Gasteiger partial charge in [-0.3, -0.25) is 0 Å². The molecule has 0 saturated carbocycles. The third kappa shape index (κ3) is 3.96. The smallest absolute Gasteiger partial charge is 0.338 e. The number of carbonyl (C=O) groups excluding carboxylic acids is 1. The number of esters is 1. The van der Waals surface area contributed by atoms with E-state index in [0.29, 0.717) is 30.4 Å². The van der Waals surface area contributed by atoms with Crippen LogP contribution in [0, 0.1) is 5.92 Å². The molecule has 0 radical (unpaired) electrons. The molecule has 3 rings (SSSR count). The monoisotopic (exact) mass is 377 g/mol. The van der Waals surface area contributed by atoms with Crippen molar-refractivity contribution in [3.05, 3.63) is 48.0 Å². The predicted octanol–water partition coefficient (Wildman–Crippen LogP) is 2.20. The van der Waals surface area contributed by atoms with Crippen LogP contribution in [0.5, 0.6) is 0 Å². The van der Waals surface area contributed by atoms with Crippen molar-refractivity contribution in [2.45, 2.75) is 31.3 Å². The summed E-state index contributed by atoms with van der Waals surface area (Å²) in [6.45, 7) is 3.28. The number of ether oxygens (including phenoxy) is 1. The minimum Gasteiger partial charge on any atom is -0.454 e. The van der Waals surface area contributed by atoms with E-state index < -0.39 is 16.0 Å². The summed E-state index contributed by atoms with van der Waals surface area (Å²) in [5.74, 6) is 0.679. The van der Waals surface area contributed by atoms with Gasteiger partial charge in [-0.15, -0.1) is 0 Å². The maximum atomic E-state index is 12.7. The zero-order valence-corrected chi connectivity index (χ0v) is 15.8. The first-order valence-electron chi connectivity index (χ1n) is 8.61. The van der Waals surface area contributed by atoms with Crippen molar-refractivity contribution in [1.82, 2.24) is 13.9 Å². The van der Waals surface area contributed by atoms with Crippen molar-refractivity contribution in [3.63, 3.8) is 0 Å². The van der Waals surface area contributed by atoms with Crippen LogP contribution in [0.25, 0.3) is 0 Å². The predicted molar refractivity (Wildman–Crippen MR) is 95.9 cm³/mol. The Morgan fingerprint density at radius 3 is 2.46 bits per heavy atom. The molecule has 0 aliphatic carbocycles. The maximum absolute atomic E-state index is 12.7. The van der Waals surface area contributed by atoms with Gasteiger partial charge in [0, 0.05) is 32.5 Å². The highest BCUT2D eigenvalue weighted by Gasteiger charge is 2.28. The molecule has 2 heterocycles. The number of aryl methyl sites for hydroxylation is 1. The fourth-order valence-corrected chi connectivity index (χ4v) is 4.36. The first kappa shape index (κ1) is 18.6. The zero-order valence-electron chi connectivity index (χ0n) is 15.0. The Morgan fingerprint density at radius 1 is 1.23 bits per heavy atom. The molecule has 0 bridgehead atoms. The van der Waals surface area contributed by atoms with Crippen molar-refractivity contribution in [3.8, 4) is 0 Å². The average molecular weight is 377 g/mol. The molecule has 1 fully saturated rings. The first-order valence-corrected chi connectivity index (χ1v) is 10.1. The van der Waals surface area contributed by atoms with E-state index in [1.165, 1.54) is 28.6 Å². The van der Waals surface area contributed by atoms with Gasteiger partial charge in [-0.25, -0.2) is 18.2 Å². The lowest BCUT2D eigenvalue weighted by Crippen LogP contribution is -2.37. The SMILES string of the molecule is CC1CCN(S(=O)(=O)c2ccc(C(=O)OCc3nccn3C)cc2)CC1. The van der Waals surface area contributed by atoms with Crippen LogP contribution in [0.3, 0.4) is 0 Å². The minimum atomic E-state index is -3.51. The number of rotatable bonds is 5. The Labute approximate surface area is 153 Å². The van der Waals surface area contributed by atoms with Crippen LogP contribution in [0.1, 0.15) is 35.9 Å². The molecule has 2 aromatic rings. The number of sulfonamides is 1. The summed E-state index contributed by atoms with van der Waals surface area (Å²) in [6.07, 6.45) is 5.14. The quantitative estimate of drug-likeness (QED) is 0.746. The minimum absolute atomic E-state index is 0.0638. The highest BCUT2D eigenvalue weighted by atomic mass is 32.2. The highest BCUT2D eigenvalue weighted by molar-refractivity contribution is 7.89. The van der Waals surface area contributed by atoms with Crippen molar-refractivity contribution in [2.75, 3.05) is 13.1 Å².